The number of hydrogen-bond acceptors (Lipinski definition) is 1. The molecule has 0 heterocycles. The Hall–Kier alpha value is -4.23. The summed E-state index contributed by atoms with van der Waals surface area (Å²) in [4.78, 5) is 0. The SMILES string of the molecule is Oc1ccc2ccccc2c1-c1c(CP(Br)(c2ccccc2)(c2ccccc2)c2ccccc2)ccc2ccccc12. The normalized spacial score (nSPS) is 12.6. The van der Waals surface area contributed by atoms with Crippen LogP contribution in [-0.4, -0.2) is 5.11 Å². The summed E-state index contributed by atoms with van der Waals surface area (Å²) in [7, 11) is 0. The predicted octanol–water partition coefficient (Wildman–Crippen LogP) is 9.71. The Morgan fingerprint density at radius 2 is 0.833 bits per heavy atom. The molecule has 3 heteroatoms. The number of phenolic OH excluding ortho intramolecular Hbond substituents is 1. The van der Waals surface area contributed by atoms with Crippen molar-refractivity contribution in [1.82, 2.24) is 0 Å². The molecule has 0 atom stereocenters. The van der Waals surface area contributed by atoms with Crippen molar-refractivity contribution in [2.24, 2.45) is 0 Å². The Kier molecular flexibility index (Phi) is 6.70. The molecule has 42 heavy (non-hydrogen) atoms. The first-order valence-electron chi connectivity index (χ1n) is 14.2. The molecule has 0 saturated carbocycles. The van der Waals surface area contributed by atoms with Crippen LogP contribution in [0.15, 0.2) is 164 Å². The van der Waals surface area contributed by atoms with Crippen LogP contribution in [0, 0.1) is 0 Å². The van der Waals surface area contributed by atoms with Gasteiger partial charge in [0.15, 0.2) is 0 Å². The van der Waals surface area contributed by atoms with E-state index < -0.39 is 5.31 Å². The number of benzene rings is 7. The van der Waals surface area contributed by atoms with Gasteiger partial charge in [-0.1, -0.05) is 0 Å². The van der Waals surface area contributed by atoms with E-state index in [4.69, 9.17) is 0 Å². The third kappa shape index (κ3) is 4.18. The number of rotatable bonds is 6. The van der Waals surface area contributed by atoms with Gasteiger partial charge in [0.05, 0.1) is 0 Å². The number of hydrogen-bond donors (Lipinski definition) is 1. The van der Waals surface area contributed by atoms with E-state index in [9.17, 15) is 5.11 Å². The summed E-state index contributed by atoms with van der Waals surface area (Å²) in [5.41, 5.74) is 3.15. The van der Waals surface area contributed by atoms with Gasteiger partial charge in [-0.2, -0.15) is 0 Å². The average Bonchev–Trinajstić information content (AvgIpc) is 3.06. The Morgan fingerprint density at radius 1 is 0.429 bits per heavy atom. The van der Waals surface area contributed by atoms with Gasteiger partial charge in [0, 0.05) is 0 Å². The van der Waals surface area contributed by atoms with E-state index in [-0.39, 0.29) is 0 Å². The molecule has 0 aromatic heterocycles. The fourth-order valence-corrected chi connectivity index (χ4v) is 14.2. The Balaban J connectivity index is 1.63. The van der Waals surface area contributed by atoms with Crippen molar-refractivity contribution in [1.29, 1.82) is 0 Å². The number of aromatic hydroxyl groups is 1. The summed E-state index contributed by atoms with van der Waals surface area (Å²) < 4.78 is 0. The predicted molar refractivity (Wildman–Crippen MR) is 186 cm³/mol. The fourth-order valence-electron chi connectivity index (χ4n) is 6.52. The molecule has 0 aliphatic heterocycles. The zero-order valence-corrected chi connectivity index (χ0v) is 25.5. The third-order valence-electron chi connectivity index (χ3n) is 8.52. The van der Waals surface area contributed by atoms with E-state index in [1.54, 1.807) is 0 Å². The minimum absolute atomic E-state index is 0.292. The van der Waals surface area contributed by atoms with Gasteiger partial charge in [-0.25, -0.2) is 0 Å². The number of halogens is 1. The molecule has 204 valence electrons. The zero-order chi connectivity index (χ0) is 28.6. The molecule has 7 rings (SSSR count). The van der Waals surface area contributed by atoms with Crippen molar-refractivity contribution in [2.45, 2.75) is 6.16 Å². The van der Waals surface area contributed by atoms with E-state index in [1.807, 2.05) is 12.1 Å². The molecule has 0 aliphatic carbocycles. The second kappa shape index (κ2) is 10.6. The van der Waals surface area contributed by atoms with Crippen LogP contribution in [0.1, 0.15) is 5.56 Å². The summed E-state index contributed by atoms with van der Waals surface area (Å²) in [6.45, 7) is 0. The van der Waals surface area contributed by atoms with Crippen LogP contribution < -0.4 is 15.9 Å². The first kappa shape index (κ1) is 26.7. The van der Waals surface area contributed by atoms with Crippen molar-refractivity contribution in [2.75, 3.05) is 0 Å². The van der Waals surface area contributed by atoms with E-state index in [0.29, 0.717) is 5.75 Å². The van der Waals surface area contributed by atoms with Crippen molar-refractivity contribution >= 4 is 58.3 Å². The van der Waals surface area contributed by atoms with E-state index in [2.05, 4.69) is 167 Å². The van der Waals surface area contributed by atoms with Crippen molar-refractivity contribution in [3.05, 3.63) is 169 Å². The topological polar surface area (TPSA) is 20.2 Å². The quantitative estimate of drug-likeness (QED) is 0.183. The van der Waals surface area contributed by atoms with Crippen LogP contribution in [0.5, 0.6) is 5.75 Å². The van der Waals surface area contributed by atoms with Crippen LogP contribution in [0.4, 0.5) is 0 Å². The zero-order valence-electron chi connectivity index (χ0n) is 23.1. The Morgan fingerprint density at radius 3 is 1.33 bits per heavy atom. The van der Waals surface area contributed by atoms with Gasteiger partial charge in [0.25, 0.3) is 0 Å². The van der Waals surface area contributed by atoms with Gasteiger partial charge in [0.2, 0.25) is 0 Å². The summed E-state index contributed by atoms with van der Waals surface area (Å²) in [5.74, 6) is 0.292. The first-order valence-corrected chi connectivity index (χ1v) is 18.6. The summed E-state index contributed by atoms with van der Waals surface area (Å²) in [6, 6.07) is 57.9. The number of fused-ring (bicyclic) bond motifs is 2. The summed E-state index contributed by atoms with van der Waals surface area (Å²) >= 11 is 4.66. The molecule has 0 fully saturated rings. The molecule has 1 N–H and O–H groups in total. The van der Waals surface area contributed by atoms with Crippen molar-refractivity contribution in [3.63, 3.8) is 0 Å². The van der Waals surface area contributed by atoms with Crippen LogP contribution in [-0.2, 0) is 6.16 Å². The molecule has 0 amide bonds. The molecule has 1 nitrogen and oxygen atoms in total. The van der Waals surface area contributed by atoms with Crippen LogP contribution in [0.3, 0.4) is 0 Å². The van der Waals surface area contributed by atoms with Crippen molar-refractivity contribution in [3.8, 4) is 16.9 Å². The first-order chi connectivity index (χ1) is 20.6. The molecule has 0 bridgehead atoms. The van der Waals surface area contributed by atoms with Crippen LogP contribution >= 0.6 is 20.8 Å². The summed E-state index contributed by atoms with van der Waals surface area (Å²) in [5, 5.41) is 16.5. The molecule has 7 aromatic rings. The Labute approximate surface area is 254 Å². The van der Waals surface area contributed by atoms with E-state index >= 15 is 0 Å². The van der Waals surface area contributed by atoms with Crippen LogP contribution in [0.25, 0.3) is 32.7 Å². The molecule has 0 spiro atoms. The third-order valence-corrected chi connectivity index (χ3v) is 18.0. The molecule has 0 saturated heterocycles. The van der Waals surface area contributed by atoms with Gasteiger partial charge in [-0.15, -0.1) is 0 Å². The van der Waals surface area contributed by atoms with Gasteiger partial charge in [-0.3, -0.25) is 0 Å². The molecule has 0 unspecified atom stereocenters. The Bertz CT molecular complexity index is 1940. The van der Waals surface area contributed by atoms with Gasteiger partial charge in [0.1, 0.15) is 0 Å². The van der Waals surface area contributed by atoms with Gasteiger partial charge in [-0.05, 0) is 0 Å². The van der Waals surface area contributed by atoms with Crippen LogP contribution in [0.2, 0.25) is 0 Å². The molecular weight excluding hydrogens is 595 g/mol. The number of phenols is 1. The van der Waals surface area contributed by atoms with E-state index in [1.165, 1.54) is 21.5 Å². The fraction of sp³-hybridized carbons (Fsp3) is 0.0256. The van der Waals surface area contributed by atoms with Gasteiger partial charge >= 0.3 is 256 Å². The van der Waals surface area contributed by atoms with Gasteiger partial charge < -0.3 is 0 Å². The standard InChI is InChI=1S/C39H30BrOP/c40-42(32-16-4-1-5-17-32,33-18-6-2-7-19-33,34-20-8-3-9-21-34)28-31-25-24-29-14-10-12-22-35(29)38(31)39-36-23-13-11-15-30(36)26-27-37(39)41/h1-27,41H,28H2. The summed E-state index contributed by atoms with van der Waals surface area (Å²) in [6.07, 6.45) is 0.729. The minimum atomic E-state index is -3.30. The maximum absolute atomic E-state index is 11.6. The molecule has 0 aliphatic rings. The second-order valence-corrected chi connectivity index (χ2v) is 19.8. The molecular formula is C39H30BrOP. The second-order valence-electron chi connectivity index (χ2n) is 10.8. The van der Waals surface area contributed by atoms with Crippen molar-refractivity contribution < 1.29 is 5.11 Å². The van der Waals surface area contributed by atoms with E-state index in [0.717, 1.165) is 38.8 Å². The average molecular weight is 626 g/mol. The monoisotopic (exact) mass is 624 g/mol. The molecule has 0 radical (unpaired) electrons. The maximum atomic E-state index is 11.6. The molecule has 7 aromatic carbocycles.